The normalized spacial score (nSPS) is 9.29. The lowest BCUT2D eigenvalue weighted by molar-refractivity contribution is -0.135. The smallest absolute Gasteiger partial charge is 0.379 e. The molecule has 0 aliphatic rings. The third kappa shape index (κ3) is 2.10. The number of hydrogen-bond acceptors (Lipinski definition) is 4. The third-order valence-corrected chi connectivity index (χ3v) is 1.72. The van der Waals surface area contributed by atoms with Gasteiger partial charge < -0.3 is 9.47 Å². The molecule has 1 aromatic carbocycles. The van der Waals surface area contributed by atoms with Crippen molar-refractivity contribution in [2.24, 2.45) is 0 Å². The van der Waals surface area contributed by atoms with Crippen LogP contribution >= 0.6 is 0 Å². The van der Waals surface area contributed by atoms with Crippen molar-refractivity contribution in [1.29, 1.82) is 0 Å². The van der Waals surface area contributed by atoms with E-state index in [2.05, 4.69) is 4.74 Å². The Balaban J connectivity index is 2.87. The molecule has 4 heteroatoms. The molecule has 0 bridgehead atoms. The SMILES string of the molecule is COC(=O)C(=O)c1ccc(OC)cc1. The molecule has 74 valence electrons. The first-order valence-corrected chi connectivity index (χ1v) is 3.95. The van der Waals surface area contributed by atoms with Gasteiger partial charge in [-0.05, 0) is 24.3 Å². The summed E-state index contributed by atoms with van der Waals surface area (Å²) in [5.74, 6) is -0.892. The molecule has 0 aliphatic carbocycles. The molecule has 4 nitrogen and oxygen atoms in total. The zero-order valence-electron chi connectivity index (χ0n) is 7.94. The predicted molar refractivity (Wildman–Crippen MR) is 49.3 cm³/mol. The first-order chi connectivity index (χ1) is 6.69. The second kappa shape index (κ2) is 4.41. The minimum Gasteiger partial charge on any atom is -0.497 e. The van der Waals surface area contributed by atoms with Gasteiger partial charge in [0.05, 0.1) is 14.2 Å². The average molecular weight is 194 g/mol. The molecule has 1 rings (SSSR count). The van der Waals surface area contributed by atoms with E-state index in [9.17, 15) is 9.59 Å². The summed E-state index contributed by atoms with van der Waals surface area (Å²) in [6, 6.07) is 6.24. The van der Waals surface area contributed by atoms with E-state index >= 15 is 0 Å². The molecule has 0 aromatic heterocycles. The Morgan fingerprint density at radius 1 is 1.07 bits per heavy atom. The molecule has 0 aliphatic heterocycles. The maximum atomic E-state index is 11.3. The van der Waals surface area contributed by atoms with E-state index in [1.807, 2.05) is 0 Å². The number of ketones is 1. The van der Waals surface area contributed by atoms with E-state index in [-0.39, 0.29) is 5.56 Å². The van der Waals surface area contributed by atoms with Crippen molar-refractivity contribution in [3.05, 3.63) is 29.8 Å². The molecule has 0 heterocycles. The Labute approximate surface area is 81.4 Å². The quantitative estimate of drug-likeness (QED) is 0.410. The molecule has 1 aromatic rings. The van der Waals surface area contributed by atoms with Gasteiger partial charge in [0.2, 0.25) is 0 Å². The number of carbonyl (C=O) groups excluding carboxylic acids is 2. The van der Waals surface area contributed by atoms with Crippen LogP contribution in [0.3, 0.4) is 0 Å². The monoisotopic (exact) mass is 194 g/mol. The number of ether oxygens (including phenoxy) is 2. The minimum absolute atomic E-state index is 0.289. The van der Waals surface area contributed by atoms with Gasteiger partial charge in [-0.15, -0.1) is 0 Å². The molecule has 0 amide bonds. The van der Waals surface area contributed by atoms with Crippen LogP contribution in [0.4, 0.5) is 0 Å². The summed E-state index contributed by atoms with van der Waals surface area (Å²) in [5, 5.41) is 0. The van der Waals surface area contributed by atoms with E-state index in [0.717, 1.165) is 0 Å². The lowest BCUT2D eigenvalue weighted by Gasteiger charge is -2.01. The van der Waals surface area contributed by atoms with Gasteiger partial charge in [0, 0.05) is 5.56 Å². The molecule has 0 unspecified atom stereocenters. The highest BCUT2D eigenvalue weighted by molar-refractivity contribution is 6.40. The van der Waals surface area contributed by atoms with Crippen molar-refractivity contribution in [3.8, 4) is 5.75 Å². The Hall–Kier alpha value is -1.84. The summed E-state index contributed by atoms with van der Waals surface area (Å²) in [4.78, 5) is 22.1. The molecule has 14 heavy (non-hydrogen) atoms. The van der Waals surface area contributed by atoms with Crippen molar-refractivity contribution in [2.45, 2.75) is 0 Å². The van der Waals surface area contributed by atoms with E-state index in [0.29, 0.717) is 5.75 Å². The zero-order valence-corrected chi connectivity index (χ0v) is 7.94. The fourth-order valence-electron chi connectivity index (χ4n) is 0.953. The van der Waals surface area contributed by atoms with Crippen LogP contribution in [0.2, 0.25) is 0 Å². The van der Waals surface area contributed by atoms with Crippen LogP contribution in [0.1, 0.15) is 10.4 Å². The fourth-order valence-corrected chi connectivity index (χ4v) is 0.953. The zero-order chi connectivity index (χ0) is 10.6. The fraction of sp³-hybridized carbons (Fsp3) is 0.200. The van der Waals surface area contributed by atoms with Gasteiger partial charge in [-0.2, -0.15) is 0 Å². The van der Waals surface area contributed by atoms with Gasteiger partial charge in [0.1, 0.15) is 5.75 Å². The van der Waals surface area contributed by atoms with Crippen LogP contribution in [-0.2, 0) is 9.53 Å². The number of benzene rings is 1. The largest absolute Gasteiger partial charge is 0.497 e. The number of methoxy groups -OCH3 is 2. The highest BCUT2D eigenvalue weighted by Gasteiger charge is 2.15. The molecule has 0 spiro atoms. The number of carbonyl (C=O) groups is 2. The first-order valence-electron chi connectivity index (χ1n) is 3.95. The van der Waals surface area contributed by atoms with Crippen molar-refractivity contribution < 1.29 is 19.1 Å². The van der Waals surface area contributed by atoms with Gasteiger partial charge in [-0.3, -0.25) is 4.79 Å². The predicted octanol–water partition coefficient (Wildman–Crippen LogP) is 1.05. The Morgan fingerprint density at radius 3 is 2.07 bits per heavy atom. The standard InChI is InChI=1S/C10H10O4/c1-13-8-5-3-7(4-6-8)9(11)10(12)14-2/h3-6H,1-2H3. The highest BCUT2D eigenvalue weighted by atomic mass is 16.5. The molecule has 0 saturated heterocycles. The van der Waals surface area contributed by atoms with Gasteiger partial charge >= 0.3 is 5.97 Å². The second-order valence-electron chi connectivity index (χ2n) is 2.55. The molecule has 0 saturated carbocycles. The van der Waals surface area contributed by atoms with Crippen LogP contribution in [0.25, 0.3) is 0 Å². The van der Waals surface area contributed by atoms with E-state index < -0.39 is 11.8 Å². The maximum Gasteiger partial charge on any atom is 0.379 e. The van der Waals surface area contributed by atoms with E-state index in [4.69, 9.17) is 4.74 Å². The van der Waals surface area contributed by atoms with Gasteiger partial charge in [0.25, 0.3) is 5.78 Å². The van der Waals surface area contributed by atoms with Crippen molar-refractivity contribution in [3.63, 3.8) is 0 Å². The summed E-state index contributed by atoms with van der Waals surface area (Å²) in [6.07, 6.45) is 0. The van der Waals surface area contributed by atoms with Crippen molar-refractivity contribution in [2.75, 3.05) is 14.2 Å². The van der Waals surface area contributed by atoms with Gasteiger partial charge in [0.15, 0.2) is 0 Å². The maximum absolute atomic E-state index is 11.3. The summed E-state index contributed by atoms with van der Waals surface area (Å²) < 4.78 is 9.21. The Morgan fingerprint density at radius 2 is 1.64 bits per heavy atom. The Bertz CT molecular complexity index is 340. The molecule has 0 N–H and O–H groups in total. The van der Waals surface area contributed by atoms with Gasteiger partial charge in [-0.1, -0.05) is 0 Å². The highest BCUT2D eigenvalue weighted by Crippen LogP contribution is 2.11. The first kappa shape index (κ1) is 10.2. The summed E-state index contributed by atoms with van der Waals surface area (Å²) in [7, 11) is 2.70. The van der Waals surface area contributed by atoms with Crippen LogP contribution in [-0.4, -0.2) is 26.0 Å². The van der Waals surface area contributed by atoms with Crippen LogP contribution in [0.5, 0.6) is 5.75 Å². The molecule has 0 atom stereocenters. The van der Waals surface area contributed by atoms with Crippen molar-refractivity contribution in [1.82, 2.24) is 0 Å². The van der Waals surface area contributed by atoms with Crippen LogP contribution < -0.4 is 4.74 Å². The number of hydrogen-bond donors (Lipinski definition) is 0. The lowest BCUT2D eigenvalue weighted by Crippen LogP contribution is -2.15. The number of rotatable bonds is 3. The molecular weight excluding hydrogens is 184 g/mol. The molecule has 0 radical (unpaired) electrons. The van der Waals surface area contributed by atoms with Crippen LogP contribution in [0.15, 0.2) is 24.3 Å². The number of esters is 1. The summed E-state index contributed by atoms with van der Waals surface area (Å²) in [6.45, 7) is 0. The summed E-state index contributed by atoms with van der Waals surface area (Å²) >= 11 is 0. The molecule has 0 fully saturated rings. The minimum atomic E-state index is -0.866. The van der Waals surface area contributed by atoms with E-state index in [1.165, 1.54) is 26.4 Å². The lowest BCUT2D eigenvalue weighted by atomic mass is 10.1. The van der Waals surface area contributed by atoms with Crippen molar-refractivity contribution >= 4 is 11.8 Å². The second-order valence-corrected chi connectivity index (χ2v) is 2.55. The van der Waals surface area contributed by atoms with Crippen LogP contribution in [0, 0.1) is 0 Å². The molecular formula is C10H10O4. The van der Waals surface area contributed by atoms with Gasteiger partial charge in [-0.25, -0.2) is 4.79 Å². The van der Waals surface area contributed by atoms with E-state index in [1.54, 1.807) is 12.1 Å². The Kier molecular flexibility index (Phi) is 3.23. The third-order valence-electron chi connectivity index (χ3n) is 1.72. The average Bonchev–Trinajstić information content (AvgIpc) is 2.27. The topological polar surface area (TPSA) is 52.6 Å². The number of Topliss-reactive ketones (excluding diaryl/α,β-unsaturated/α-hetero) is 1. The summed E-state index contributed by atoms with van der Waals surface area (Å²) in [5.41, 5.74) is 0.289.